The van der Waals surface area contributed by atoms with Gasteiger partial charge in [-0.15, -0.1) is 0 Å². The summed E-state index contributed by atoms with van der Waals surface area (Å²) < 4.78 is 0. The summed E-state index contributed by atoms with van der Waals surface area (Å²) in [7, 11) is 0. The number of benzene rings is 1. The summed E-state index contributed by atoms with van der Waals surface area (Å²) in [5.41, 5.74) is 1.67. The van der Waals surface area contributed by atoms with Crippen molar-refractivity contribution in [3.63, 3.8) is 0 Å². The number of carbonyl (C=O) groups excluding carboxylic acids is 2. The minimum absolute atomic E-state index is 0.0140. The monoisotopic (exact) mass is 219 g/mol. The maximum Gasteiger partial charge on any atom is 0.294 e. The van der Waals surface area contributed by atoms with Crippen molar-refractivity contribution in [1.82, 2.24) is 0 Å². The standard InChI is InChI=1S/C12H13NO3/c14-7-3-6-13-10-5-2-1-4-9(10)8-11(15)12(13)16/h1-2,4-5,14H,3,6-8H2. The van der Waals surface area contributed by atoms with E-state index in [2.05, 4.69) is 0 Å². The SMILES string of the molecule is O=C1Cc2ccccc2N(CCCO)C1=O. The molecule has 0 spiro atoms. The summed E-state index contributed by atoms with van der Waals surface area (Å²) in [5, 5.41) is 8.77. The lowest BCUT2D eigenvalue weighted by molar-refractivity contribution is -0.136. The summed E-state index contributed by atoms with van der Waals surface area (Å²) >= 11 is 0. The molecule has 1 aliphatic rings. The van der Waals surface area contributed by atoms with Gasteiger partial charge in [-0.05, 0) is 18.1 Å². The van der Waals surface area contributed by atoms with Crippen molar-refractivity contribution in [2.24, 2.45) is 0 Å². The van der Waals surface area contributed by atoms with Gasteiger partial charge in [0.1, 0.15) is 0 Å². The number of Topliss-reactive ketones (excluding diaryl/α,β-unsaturated/α-hetero) is 1. The van der Waals surface area contributed by atoms with Gasteiger partial charge in [-0.2, -0.15) is 0 Å². The minimum Gasteiger partial charge on any atom is -0.396 e. The van der Waals surface area contributed by atoms with E-state index in [0.29, 0.717) is 13.0 Å². The van der Waals surface area contributed by atoms with Crippen LogP contribution < -0.4 is 4.90 Å². The molecule has 1 heterocycles. The number of rotatable bonds is 3. The van der Waals surface area contributed by atoms with Crippen LogP contribution in [-0.4, -0.2) is 29.9 Å². The molecule has 1 aromatic rings. The van der Waals surface area contributed by atoms with E-state index in [-0.39, 0.29) is 18.8 Å². The van der Waals surface area contributed by atoms with Crippen LogP contribution in [0.4, 0.5) is 5.69 Å². The molecule has 0 aromatic heterocycles. The molecule has 1 aromatic carbocycles. The molecule has 1 N–H and O–H groups in total. The topological polar surface area (TPSA) is 57.6 Å². The maximum absolute atomic E-state index is 11.7. The van der Waals surface area contributed by atoms with E-state index in [9.17, 15) is 9.59 Å². The Balaban J connectivity index is 2.34. The predicted molar refractivity (Wildman–Crippen MR) is 59.2 cm³/mol. The molecule has 1 amide bonds. The lowest BCUT2D eigenvalue weighted by Gasteiger charge is -2.28. The third kappa shape index (κ3) is 1.84. The fourth-order valence-electron chi connectivity index (χ4n) is 1.88. The quantitative estimate of drug-likeness (QED) is 0.754. The van der Waals surface area contributed by atoms with E-state index >= 15 is 0 Å². The predicted octanol–water partition coefficient (Wildman–Crippen LogP) is 0.527. The lowest BCUT2D eigenvalue weighted by atomic mass is 10.00. The first-order valence-corrected chi connectivity index (χ1v) is 5.27. The third-order valence-electron chi connectivity index (χ3n) is 2.66. The zero-order valence-corrected chi connectivity index (χ0v) is 8.85. The molecular formula is C12H13NO3. The number of aliphatic hydroxyl groups excluding tert-OH is 1. The molecule has 0 atom stereocenters. The highest BCUT2D eigenvalue weighted by Crippen LogP contribution is 2.25. The molecule has 2 rings (SSSR count). The summed E-state index contributed by atoms with van der Waals surface area (Å²) in [6.45, 7) is 0.401. The number of anilines is 1. The van der Waals surface area contributed by atoms with Crippen molar-refractivity contribution in [1.29, 1.82) is 0 Å². The Morgan fingerprint density at radius 2 is 2.00 bits per heavy atom. The first-order valence-electron chi connectivity index (χ1n) is 5.27. The van der Waals surface area contributed by atoms with Crippen LogP contribution in [0.5, 0.6) is 0 Å². The number of para-hydroxylation sites is 1. The number of carbonyl (C=O) groups is 2. The van der Waals surface area contributed by atoms with Gasteiger partial charge in [0.2, 0.25) is 5.78 Å². The summed E-state index contributed by atoms with van der Waals surface area (Å²) in [6, 6.07) is 7.38. The molecule has 0 saturated heterocycles. The minimum atomic E-state index is -0.466. The van der Waals surface area contributed by atoms with Crippen LogP contribution in [0.25, 0.3) is 0 Å². The summed E-state index contributed by atoms with van der Waals surface area (Å²) in [4.78, 5) is 24.6. The van der Waals surface area contributed by atoms with Gasteiger partial charge in [0.05, 0.1) is 0 Å². The second kappa shape index (κ2) is 4.45. The Hall–Kier alpha value is -1.68. The van der Waals surface area contributed by atoms with E-state index in [1.54, 1.807) is 0 Å². The van der Waals surface area contributed by atoms with Gasteiger partial charge >= 0.3 is 0 Å². The molecule has 16 heavy (non-hydrogen) atoms. The van der Waals surface area contributed by atoms with Crippen molar-refractivity contribution in [3.05, 3.63) is 29.8 Å². The molecule has 0 saturated carbocycles. The van der Waals surface area contributed by atoms with Gasteiger partial charge < -0.3 is 10.0 Å². The second-order valence-electron chi connectivity index (χ2n) is 3.76. The van der Waals surface area contributed by atoms with Crippen molar-refractivity contribution < 1.29 is 14.7 Å². The molecule has 1 aliphatic heterocycles. The number of ketones is 1. The van der Waals surface area contributed by atoms with Crippen molar-refractivity contribution >= 4 is 17.4 Å². The van der Waals surface area contributed by atoms with Gasteiger partial charge in [-0.25, -0.2) is 0 Å². The summed E-state index contributed by atoms with van der Waals surface area (Å²) in [6.07, 6.45) is 0.665. The van der Waals surface area contributed by atoms with Crippen LogP contribution in [0, 0.1) is 0 Å². The molecule has 0 aliphatic carbocycles. The van der Waals surface area contributed by atoms with Crippen LogP contribution in [0.3, 0.4) is 0 Å². The molecule has 84 valence electrons. The van der Waals surface area contributed by atoms with Gasteiger partial charge in [0, 0.05) is 25.3 Å². The normalized spacial score (nSPS) is 15.2. The van der Waals surface area contributed by atoms with Gasteiger partial charge in [0.15, 0.2) is 0 Å². The first-order chi connectivity index (χ1) is 7.74. The van der Waals surface area contributed by atoms with Crippen molar-refractivity contribution in [2.45, 2.75) is 12.8 Å². The Kier molecular flexibility index (Phi) is 3.01. The van der Waals surface area contributed by atoms with Crippen molar-refractivity contribution in [2.75, 3.05) is 18.1 Å². The van der Waals surface area contributed by atoms with Crippen LogP contribution in [-0.2, 0) is 16.0 Å². The number of fused-ring (bicyclic) bond motifs is 1. The van der Waals surface area contributed by atoms with E-state index in [0.717, 1.165) is 11.3 Å². The van der Waals surface area contributed by atoms with Crippen molar-refractivity contribution in [3.8, 4) is 0 Å². The number of nitrogens with zero attached hydrogens (tertiary/aromatic N) is 1. The number of hydrogen-bond acceptors (Lipinski definition) is 3. The van der Waals surface area contributed by atoms with E-state index in [1.807, 2.05) is 24.3 Å². The van der Waals surface area contributed by atoms with Gasteiger partial charge in [0.25, 0.3) is 5.91 Å². The molecule has 0 radical (unpaired) electrons. The smallest absolute Gasteiger partial charge is 0.294 e. The average molecular weight is 219 g/mol. The highest BCUT2D eigenvalue weighted by atomic mass is 16.3. The molecule has 4 heteroatoms. The maximum atomic E-state index is 11.7. The summed E-state index contributed by atoms with van der Waals surface area (Å²) in [5.74, 6) is -0.844. The fraction of sp³-hybridized carbons (Fsp3) is 0.333. The third-order valence-corrected chi connectivity index (χ3v) is 2.66. The average Bonchev–Trinajstić information content (AvgIpc) is 2.30. The van der Waals surface area contributed by atoms with Crippen LogP contribution in [0.15, 0.2) is 24.3 Å². The van der Waals surface area contributed by atoms with E-state index in [1.165, 1.54) is 4.90 Å². The van der Waals surface area contributed by atoms with Crippen LogP contribution >= 0.6 is 0 Å². The fourth-order valence-corrected chi connectivity index (χ4v) is 1.88. The van der Waals surface area contributed by atoms with E-state index < -0.39 is 5.91 Å². The number of aliphatic hydroxyl groups is 1. The Bertz CT molecular complexity index is 428. The molecule has 4 nitrogen and oxygen atoms in total. The molecule has 0 fully saturated rings. The Morgan fingerprint density at radius 1 is 1.25 bits per heavy atom. The lowest BCUT2D eigenvalue weighted by Crippen LogP contribution is -2.42. The number of amides is 1. The molecule has 0 bridgehead atoms. The van der Waals surface area contributed by atoms with Gasteiger partial charge in [-0.1, -0.05) is 18.2 Å². The zero-order valence-electron chi connectivity index (χ0n) is 8.85. The van der Waals surface area contributed by atoms with Crippen LogP contribution in [0.2, 0.25) is 0 Å². The Labute approximate surface area is 93.5 Å². The van der Waals surface area contributed by atoms with Gasteiger partial charge in [-0.3, -0.25) is 9.59 Å². The second-order valence-corrected chi connectivity index (χ2v) is 3.76. The highest BCUT2D eigenvalue weighted by Gasteiger charge is 2.30. The largest absolute Gasteiger partial charge is 0.396 e. The highest BCUT2D eigenvalue weighted by molar-refractivity contribution is 6.43. The number of hydrogen-bond donors (Lipinski definition) is 1. The van der Waals surface area contributed by atoms with E-state index in [4.69, 9.17) is 5.11 Å². The van der Waals surface area contributed by atoms with Crippen LogP contribution in [0.1, 0.15) is 12.0 Å². The molecule has 0 unspecified atom stereocenters. The Morgan fingerprint density at radius 3 is 2.75 bits per heavy atom. The molecular weight excluding hydrogens is 206 g/mol. The zero-order chi connectivity index (χ0) is 11.5. The first kappa shape index (κ1) is 10.8.